The summed E-state index contributed by atoms with van der Waals surface area (Å²) >= 11 is 1.40. The zero-order chi connectivity index (χ0) is 17.6. The second-order valence-corrected chi connectivity index (χ2v) is 7.28. The Morgan fingerprint density at radius 2 is 2.12 bits per heavy atom. The van der Waals surface area contributed by atoms with Crippen LogP contribution in [0.5, 0.6) is 0 Å². The molecule has 1 aromatic carbocycles. The highest BCUT2D eigenvalue weighted by Crippen LogP contribution is 2.20. The molecule has 1 saturated heterocycles. The van der Waals surface area contributed by atoms with Gasteiger partial charge < -0.3 is 15.5 Å². The summed E-state index contributed by atoms with van der Waals surface area (Å²) in [6.07, 6.45) is 2.19. The molecule has 1 atom stereocenters. The van der Waals surface area contributed by atoms with E-state index in [9.17, 15) is 9.59 Å². The van der Waals surface area contributed by atoms with Crippen LogP contribution in [0.15, 0.2) is 41.8 Å². The average Bonchev–Trinajstić information content (AvgIpc) is 3.17. The van der Waals surface area contributed by atoms with E-state index in [0.29, 0.717) is 22.0 Å². The molecule has 0 spiro atoms. The maximum absolute atomic E-state index is 12.8. The molecule has 2 N–H and O–H groups in total. The Morgan fingerprint density at radius 1 is 1.27 bits per heavy atom. The number of rotatable bonds is 5. The molecule has 0 aliphatic carbocycles. The normalized spacial score (nSPS) is 16.7. The third-order valence-corrected chi connectivity index (χ3v) is 5.28. The zero-order valence-corrected chi connectivity index (χ0v) is 16.4. The number of amides is 2. The van der Waals surface area contributed by atoms with Gasteiger partial charge in [0.15, 0.2) is 0 Å². The second-order valence-electron chi connectivity index (χ2n) is 6.33. The van der Waals surface area contributed by atoms with Crippen molar-refractivity contribution in [3.05, 3.63) is 52.2 Å². The lowest BCUT2D eigenvalue weighted by Gasteiger charge is -2.32. The van der Waals surface area contributed by atoms with Crippen molar-refractivity contribution in [2.75, 3.05) is 32.0 Å². The standard InChI is InChI=1S/C19H23N3O2S.ClH/c1-20-12-14-5-3-9-22(13-14)19(24)15-6-2-7-16(11-15)21-18(23)17-8-4-10-25-17;/h2,4,6-8,10-11,14,20H,3,5,9,12-13H2,1H3,(H,21,23);1H. The predicted molar refractivity (Wildman–Crippen MR) is 109 cm³/mol. The largest absolute Gasteiger partial charge is 0.338 e. The first-order valence-electron chi connectivity index (χ1n) is 8.56. The molecule has 3 rings (SSSR count). The molecular weight excluding hydrogens is 370 g/mol. The topological polar surface area (TPSA) is 61.4 Å². The molecule has 1 aliphatic rings. The quantitative estimate of drug-likeness (QED) is 0.817. The summed E-state index contributed by atoms with van der Waals surface area (Å²) in [4.78, 5) is 27.6. The first-order chi connectivity index (χ1) is 12.2. The first-order valence-corrected chi connectivity index (χ1v) is 9.44. The Balaban J connectivity index is 0.00000243. The van der Waals surface area contributed by atoms with Gasteiger partial charge in [0.25, 0.3) is 11.8 Å². The SMILES string of the molecule is CNCC1CCCN(C(=O)c2cccc(NC(=O)c3cccs3)c2)C1.Cl. The zero-order valence-electron chi connectivity index (χ0n) is 14.7. The van der Waals surface area contributed by atoms with E-state index in [2.05, 4.69) is 10.6 Å². The molecule has 2 heterocycles. The molecule has 1 aromatic heterocycles. The monoisotopic (exact) mass is 393 g/mol. The van der Waals surface area contributed by atoms with Crippen molar-refractivity contribution in [2.24, 2.45) is 5.92 Å². The fourth-order valence-corrected chi connectivity index (χ4v) is 3.84. The fourth-order valence-electron chi connectivity index (χ4n) is 3.22. The maximum atomic E-state index is 12.8. The van der Waals surface area contributed by atoms with Crippen LogP contribution in [0.25, 0.3) is 0 Å². The van der Waals surface area contributed by atoms with Crippen molar-refractivity contribution >= 4 is 41.2 Å². The van der Waals surface area contributed by atoms with Crippen LogP contribution >= 0.6 is 23.7 Å². The highest BCUT2D eigenvalue weighted by Gasteiger charge is 2.24. The van der Waals surface area contributed by atoms with E-state index in [1.807, 2.05) is 41.6 Å². The first kappa shape index (κ1) is 20.4. The smallest absolute Gasteiger partial charge is 0.265 e. The fraction of sp³-hybridized carbons (Fsp3) is 0.368. The summed E-state index contributed by atoms with van der Waals surface area (Å²) in [6.45, 7) is 2.51. The number of hydrogen-bond acceptors (Lipinski definition) is 4. The number of carbonyl (C=O) groups is 2. The summed E-state index contributed by atoms with van der Waals surface area (Å²) in [5.74, 6) is 0.393. The molecule has 7 heteroatoms. The summed E-state index contributed by atoms with van der Waals surface area (Å²) in [5, 5.41) is 7.93. The number of benzene rings is 1. The van der Waals surface area contributed by atoms with Gasteiger partial charge in [-0.1, -0.05) is 12.1 Å². The highest BCUT2D eigenvalue weighted by atomic mass is 35.5. The van der Waals surface area contributed by atoms with Crippen LogP contribution in [-0.2, 0) is 0 Å². The highest BCUT2D eigenvalue weighted by molar-refractivity contribution is 7.12. The Labute approximate surface area is 164 Å². The number of thiophene rings is 1. The van der Waals surface area contributed by atoms with Gasteiger partial charge >= 0.3 is 0 Å². The van der Waals surface area contributed by atoms with Crippen LogP contribution in [0.4, 0.5) is 5.69 Å². The summed E-state index contributed by atoms with van der Waals surface area (Å²) in [6, 6.07) is 10.8. The van der Waals surface area contributed by atoms with Gasteiger partial charge in [-0.25, -0.2) is 0 Å². The van der Waals surface area contributed by atoms with E-state index in [1.165, 1.54) is 11.3 Å². The number of piperidine rings is 1. The van der Waals surface area contributed by atoms with E-state index in [4.69, 9.17) is 0 Å². The van der Waals surface area contributed by atoms with Crippen LogP contribution in [0.1, 0.15) is 32.9 Å². The van der Waals surface area contributed by atoms with Crippen LogP contribution in [0.2, 0.25) is 0 Å². The Hall–Kier alpha value is -1.89. The van der Waals surface area contributed by atoms with Crippen molar-refractivity contribution in [1.29, 1.82) is 0 Å². The molecular formula is C19H24ClN3O2S. The number of halogens is 1. The van der Waals surface area contributed by atoms with Crippen LogP contribution in [-0.4, -0.2) is 43.4 Å². The molecule has 2 aromatic rings. The summed E-state index contributed by atoms with van der Waals surface area (Å²) in [7, 11) is 1.94. The van der Waals surface area contributed by atoms with Gasteiger partial charge in [0.05, 0.1) is 4.88 Å². The van der Waals surface area contributed by atoms with Gasteiger partial charge in [-0.15, -0.1) is 23.7 Å². The number of nitrogens with zero attached hydrogens (tertiary/aromatic N) is 1. The Morgan fingerprint density at radius 3 is 2.85 bits per heavy atom. The van der Waals surface area contributed by atoms with Gasteiger partial charge in [-0.2, -0.15) is 0 Å². The van der Waals surface area contributed by atoms with Crippen molar-refractivity contribution in [2.45, 2.75) is 12.8 Å². The number of anilines is 1. The average molecular weight is 394 g/mol. The predicted octanol–water partition coefficient (Wildman–Crippen LogP) is 3.49. The van der Waals surface area contributed by atoms with Gasteiger partial charge in [0.2, 0.25) is 0 Å². The molecule has 0 bridgehead atoms. The van der Waals surface area contributed by atoms with E-state index in [0.717, 1.165) is 32.5 Å². The second kappa shape index (κ2) is 9.71. The lowest BCUT2D eigenvalue weighted by molar-refractivity contribution is 0.0674. The third-order valence-electron chi connectivity index (χ3n) is 4.41. The molecule has 0 radical (unpaired) electrons. The van der Waals surface area contributed by atoms with Gasteiger partial charge in [0, 0.05) is 24.3 Å². The molecule has 1 aliphatic heterocycles. The number of likely N-dealkylation sites (tertiary alicyclic amines) is 1. The molecule has 1 fully saturated rings. The van der Waals surface area contributed by atoms with E-state index in [-0.39, 0.29) is 24.2 Å². The van der Waals surface area contributed by atoms with Crippen LogP contribution in [0, 0.1) is 5.92 Å². The van der Waals surface area contributed by atoms with E-state index in [1.54, 1.807) is 12.1 Å². The maximum Gasteiger partial charge on any atom is 0.265 e. The minimum absolute atomic E-state index is 0. The molecule has 26 heavy (non-hydrogen) atoms. The van der Waals surface area contributed by atoms with E-state index < -0.39 is 0 Å². The van der Waals surface area contributed by atoms with Crippen molar-refractivity contribution in [3.8, 4) is 0 Å². The lowest BCUT2D eigenvalue weighted by Crippen LogP contribution is -2.42. The number of carbonyl (C=O) groups excluding carboxylic acids is 2. The van der Waals surface area contributed by atoms with Crippen molar-refractivity contribution in [1.82, 2.24) is 10.2 Å². The van der Waals surface area contributed by atoms with Gasteiger partial charge in [-0.05, 0) is 62.0 Å². The lowest BCUT2D eigenvalue weighted by atomic mass is 9.97. The van der Waals surface area contributed by atoms with Gasteiger partial charge in [0.1, 0.15) is 0 Å². The van der Waals surface area contributed by atoms with Gasteiger partial charge in [-0.3, -0.25) is 9.59 Å². The molecule has 1 unspecified atom stereocenters. The summed E-state index contributed by atoms with van der Waals surface area (Å²) in [5.41, 5.74) is 1.27. The van der Waals surface area contributed by atoms with Crippen LogP contribution in [0.3, 0.4) is 0 Å². The van der Waals surface area contributed by atoms with Crippen molar-refractivity contribution < 1.29 is 9.59 Å². The number of hydrogen-bond donors (Lipinski definition) is 2. The Bertz CT molecular complexity index is 734. The van der Waals surface area contributed by atoms with Crippen LogP contribution < -0.4 is 10.6 Å². The Kier molecular flexibility index (Phi) is 7.63. The summed E-state index contributed by atoms with van der Waals surface area (Å²) < 4.78 is 0. The molecule has 2 amide bonds. The minimum Gasteiger partial charge on any atom is -0.338 e. The molecule has 140 valence electrons. The minimum atomic E-state index is -0.147. The molecule has 0 saturated carbocycles. The molecule has 5 nitrogen and oxygen atoms in total. The third kappa shape index (κ3) is 5.06. The van der Waals surface area contributed by atoms with Crippen molar-refractivity contribution in [3.63, 3.8) is 0 Å². The number of nitrogens with one attached hydrogen (secondary N) is 2. The van der Waals surface area contributed by atoms with E-state index >= 15 is 0 Å².